The number of nitrogens with one attached hydrogen (secondary N) is 1. The zero-order valence-corrected chi connectivity index (χ0v) is 21.1. The molecule has 1 N–H and O–H groups in total. The van der Waals surface area contributed by atoms with Crippen molar-refractivity contribution < 1.29 is 19.1 Å². The Bertz CT molecular complexity index is 1290. The minimum Gasteiger partial charge on any atom is -0.489 e. The number of aromatic nitrogens is 2. The summed E-state index contributed by atoms with van der Waals surface area (Å²) < 4.78 is 6.55. The second-order valence-corrected chi connectivity index (χ2v) is 11.5. The van der Waals surface area contributed by atoms with Crippen LogP contribution in [0.25, 0.3) is 0 Å². The van der Waals surface area contributed by atoms with Crippen LogP contribution in [0.1, 0.15) is 66.2 Å². The largest absolute Gasteiger partial charge is 0.489 e. The van der Waals surface area contributed by atoms with Gasteiger partial charge in [0, 0.05) is 55.5 Å². The van der Waals surface area contributed by atoms with Crippen molar-refractivity contribution in [3.63, 3.8) is 0 Å². The predicted molar refractivity (Wildman–Crippen MR) is 133 cm³/mol. The maximum absolute atomic E-state index is 13.2. The molecule has 3 amide bonds. The number of amides is 3. The van der Waals surface area contributed by atoms with Crippen molar-refractivity contribution in [2.45, 2.75) is 68.7 Å². The molecule has 2 atom stereocenters. The van der Waals surface area contributed by atoms with Crippen molar-refractivity contribution in [2.24, 2.45) is 5.92 Å². The van der Waals surface area contributed by atoms with Gasteiger partial charge in [0.25, 0.3) is 11.8 Å². The molecule has 1 unspecified atom stereocenters. The number of piperidine rings is 2. The fourth-order valence-corrected chi connectivity index (χ4v) is 6.90. The molecule has 10 heteroatoms. The first-order valence-electron chi connectivity index (χ1n) is 13.1. The van der Waals surface area contributed by atoms with Crippen molar-refractivity contribution in [3.05, 3.63) is 52.6 Å². The Hall–Kier alpha value is -3.04. The van der Waals surface area contributed by atoms with E-state index in [0.717, 1.165) is 49.5 Å². The molecule has 37 heavy (non-hydrogen) atoms. The average Bonchev–Trinajstić information content (AvgIpc) is 3.15. The van der Waals surface area contributed by atoms with Crippen LogP contribution < -0.4 is 10.1 Å². The molecular formula is C27H28ClN5O4. The fourth-order valence-electron chi connectivity index (χ4n) is 6.80. The molecule has 0 radical (unpaired) electrons. The Kier molecular flexibility index (Phi) is 5.30. The Morgan fingerprint density at radius 2 is 1.78 bits per heavy atom. The molecule has 3 saturated heterocycles. The third kappa shape index (κ3) is 3.66. The van der Waals surface area contributed by atoms with Crippen LogP contribution in [0.15, 0.2) is 30.6 Å². The molecule has 9 nitrogen and oxygen atoms in total. The summed E-state index contributed by atoms with van der Waals surface area (Å²) in [6.07, 6.45) is 8.62. The highest BCUT2D eigenvalue weighted by atomic mass is 35.5. The minimum absolute atomic E-state index is 0.0770. The van der Waals surface area contributed by atoms with Crippen LogP contribution in [0.2, 0.25) is 5.02 Å². The highest BCUT2D eigenvalue weighted by molar-refractivity contribution is 6.30. The first kappa shape index (κ1) is 23.1. The summed E-state index contributed by atoms with van der Waals surface area (Å²) in [5.74, 6) is 1.03. The summed E-state index contributed by atoms with van der Waals surface area (Å²) in [5.41, 5.74) is 0.594. The zero-order chi connectivity index (χ0) is 25.3. The summed E-state index contributed by atoms with van der Waals surface area (Å²) in [4.78, 5) is 50.6. The van der Waals surface area contributed by atoms with Crippen LogP contribution in [0.3, 0.4) is 0 Å². The number of fused-ring (bicyclic) bond motifs is 3. The molecule has 5 heterocycles. The Balaban J connectivity index is 1.03. The van der Waals surface area contributed by atoms with E-state index in [0.29, 0.717) is 41.9 Å². The second kappa shape index (κ2) is 8.49. The van der Waals surface area contributed by atoms with E-state index >= 15 is 0 Å². The van der Waals surface area contributed by atoms with E-state index in [1.165, 1.54) is 6.42 Å². The van der Waals surface area contributed by atoms with E-state index < -0.39 is 5.54 Å². The molecule has 192 valence electrons. The van der Waals surface area contributed by atoms with Crippen LogP contribution in [-0.2, 0) is 16.1 Å². The monoisotopic (exact) mass is 521 g/mol. The van der Waals surface area contributed by atoms with Crippen LogP contribution >= 0.6 is 11.6 Å². The van der Waals surface area contributed by atoms with Gasteiger partial charge in [0.1, 0.15) is 23.2 Å². The number of halogens is 1. The van der Waals surface area contributed by atoms with Gasteiger partial charge in [-0.2, -0.15) is 0 Å². The topological polar surface area (TPSA) is 105 Å². The maximum Gasteiger partial charge on any atom is 0.255 e. The Morgan fingerprint density at radius 1 is 1.03 bits per heavy atom. The number of likely N-dealkylation sites (tertiary alicyclic amines) is 1. The van der Waals surface area contributed by atoms with Gasteiger partial charge in [0.2, 0.25) is 5.91 Å². The molecular weight excluding hydrogens is 494 g/mol. The lowest BCUT2D eigenvalue weighted by molar-refractivity contribution is -0.160. The van der Waals surface area contributed by atoms with Crippen LogP contribution in [0.5, 0.6) is 5.75 Å². The van der Waals surface area contributed by atoms with Gasteiger partial charge in [0.05, 0.1) is 5.02 Å². The summed E-state index contributed by atoms with van der Waals surface area (Å²) in [7, 11) is 0. The zero-order valence-electron chi connectivity index (χ0n) is 20.4. The van der Waals surface area contributed by atoms with E-state index in [2.05, 4.69) is 20.2 Å². The third-order valence-electron chi connectivity index (χ3n) is 8.94. The van der Waals surface area contributed by atoms with Gasteiger partial charge in [-0.3, -0.25) is 24.6 Å². The van der Waals surface area contributed by atoms with E-state index in [4.69, 9.17) is 16.3 Å². The van der Waals surface area contributed by atoms with Gasteiger partial charge in [-0.15, -0.1) is 0 Å². The first-order chi connectivity index (χ1) is 17.9. The molecule has 2 aliphatic carbocycles. The summed E-state index contributed by atoms with van der Waals surface area (Å²) in [5, 5.41) is 2.99. The van der Waals surface area contributed by atoms with Gasteiger partial charge in [0.15, 0.2) is 0 Å². The molecule has 8 rings (SSSR count). The first-order valence-corrected chi connectivity index (χ1v) is 13.5. The normalized spacial score (nSPS) is 31.4. The van der Waals surface area contributed by atoms with Gasteiger partial charge in [-0.1, -0.05) is 18.0 Å². The fraction of sp³-hybridized carbons (Fsp3) is 0.519. The molecule has 2 saturated carbocycles. The highest BCUT2D eigenvalue weighted by Gasteiger charge is 2.63. The second-order valence-electron chi connectivity index (χ2n) is 11.1. The minimum atomic E-state index is -0.897. The average molecular weight is 522 g/mol. The number of benzene rings is 1. The SMILES string of the molecule is O=C1NC(=O)C2(N3Cc4cc(O[C@@H]5CCCCC5N5CC(c6ncc(Cl)cn6)C5)ccc4C3=O)CC1C2. The van der Waals surface area contributed by atoms with Crippen molar-refractivity contribution >= 4 is 29.3 Å². The van der Waals surface area contributed by atoms with E-state index in [-0.39, 0.29) is 29.7 Å². The lowest BCUT2D eigenvalue weighted by atomic mass is 9.63. The number of nitrogens with zero attached hydrogens (tertiary/aromatic N) is 4. The van der Waals surface area contributed by atoms with Gasteiger partial charge >= 0.3 is 0 Å². The molecule has 1 aromatic heterocycles. The molecule has 2 bridgehead atoms. The third-order valence-corrected chi connectivity index (χ3v) is 9.13. The number of carbonyl (C=O) groups is 3. The summed E-state index contributed by atoms with van der Waals surface area (Å²) in [6.45, 7) is 2.18. The number of imide groups is 1. The van der Waals surface area contributed by atoms with Crippen LogP contribution in [-0.4, -0.2) is 68.3 Å². The lowest BCUT2D eigenvalue weighted by Crippen LogP contribution is -2.73. The van der Waals surface area contributed by atoms with E-state index in [1.54, 1.807) is 17.3 Å². The molecule has 4 aliphatic heterocycles. The Labute approximate surface area is 219 Å². The van der Waals surface area contributed by atoms with Crippen molar-refractivity contribution in [1.82, 2.24) is 25.1 Å². The standard InChI is InChI=1S/C27H28ClN5O4/c28-18-10-29-23(30-11-18)17-12-32(13-17)21-3-1-2-4-22(21)37-19-5-6-20-15(7-19)14-33(25(20)35)27-8-16(9-27)24(34)31-26(27)36/h5-7,10-11,16-17,21-22H,1-4,8-9,12-14H2,(H,31,34,36)/t16?,21?,22-,27?/m1/s1. The van der Waals surface area contributed by atoms with Crippen LogP contribution in [0, 0.1) is 5.92 Å². The molecule has 6 aliphatic rings. The van der Waals surface area contributed by atoms with Gasteiger partial charge in [-0.25, -0.2) is 9.97 Å². The quantitative estimate of drug-likeness (QED) is 0.603. The molecule has 0 spiro atoms. The molecule has 5 fully saturated rings. The van der Waals surface area contributed by atoms with E-state index in [1.807, 2.05) is 18.2 Å². The van der Waals surface area contributed by atoms with Crippen molar-refractivity contribution in [3.8, 4) is 5.75 Å². The number of ether oxygens (including phenoxy) is 1. The molecule has 1 aromatic carbocycles. The number of rotatable bonds is 5. The Morgan fingerprint density at radius 3 is 2.54 bits per heavy atom. The van der Waals surface area contributed by atoms with Crippen molar-refractivity contribution in [2.75, 3.05) is 13.1 Å². The number of carbonyl (C=O) groups excluding carboxylic acids is 3. The number of hydrogen-bond acceptors (Lipinski definition) is 7. The van der Waals surface area contributed by atoms with Crippen molar-refractivity contribution in [1.29, 1.82) is 0 Å². The van der Waals surface area contributed by atoms with E-state index in [9.17, 15) is 14.4 Å². The van der Waals surface area contributed by atoms with Gasteiger partial charge < -0.3 is 9.64 Å². The lowest BCUT2D eigenvalue weighted by Gasteiger charge is -2.53. The predicted octanol–water partition coefficient (Wildman–Crippen LogP) is 2.68. The number of hydrogen-bond donors (Lipinski definition) is 1. The summed E-state index contributed by atoms with van der Waals surface area (Å²) in [6, 6.07) is 5.98. The summed E-state index contributed by atoms with van der Waals surface area (Å²) >= 11 is 5.93. The maximum atomic E-state index is 13.2. The van der Waals surface area contributed by atoms with Gasteiger partial charge in [-0.05, 0) is 55.9 Å². The smallest absolute Gasteiger partial charge is 0.255 e. The van der Waals surface area contributed by atoms with Crippen LogP contribution in [0.4, 0.5) is 0 Å². The molecule has 2 aromatic rings. The highest BCUT2D eigenvalue weighted by Crippen LogP contribution is 2.49.